The topological polar surface area (TPSA) is 45.7 Å². The Morgan fingerprint density at radius 2 is 2.10 bits per heavy atom. The fraction of sp³-hybridized carbons (Fsp3) is 0.417. The molecule has 1 aromatic carbocycles. The van der Waals surface area contributed by atoms with Crippen LogP contribution in [0, 0.1) is 0 Å². The number of guanidine groups is 1. The van der Waals surface area contributed by atoms with E-state index in [4.69, 9.17) is 11.6 Å². The Kier molecular flexibility index (Phi) is 9.56. The van der Waals surface area contributed by atoms with Gasteiger partial charge in [0.25, 0.3) is 0 Å². The lowest BCUT2D eigenvalue weighted by Gasteiger charge is -2.14. The average molecular weight is 420 g/mol. The quantitative estimate of drug-likeness (QED) is 0.438. The predicted octanol–water partition coefficient (Wildman–Crippen LogP) is 3.24. The Labute approximate surface area is 139 Å². The Morgan fingerprint density at radius 1 is 1.40 bits per heavy atom. The first-order chi connectivity index (χ1) is 9.06. The zero-order chi connectivity index (χ0) is 14.3. The number of ether oxygens (including phenoxy) is 1. The summed E-state index contributed by atoms with van der Waals surface area (Å²) in [7, 11) is 1.62. The van der Waals surface area contributed by atoms with Gasteiger partial charge in [0.15, 0.2) is 5.96 Å². The van der Waals surface area contributed by atoms with Gasteiger partial charge in [0.2, 0.25) is 0 Å². The Hall–Kier alpha value is -0.830. The zero-order valence-corrected chi connectivity index (χ0v) is 14.2. The summed E-state index contributed by atoms with van der Waals surface area (Å²) in [6, 6.07) is 4.49. The molecule has 0 aromatic heterocycles. The maximum atomic E-state index is 12.3. The number of benzene rings is 1. The summed E-state index contributed by atoms with van der Waals surface area (Å²) in [4.78, 5) is 3.98. The van der Waals surface area contributed by atoms with E-state index >= 15 is 0 Å². The van der Waals surface area contributed by atoms with Gasteiger partial charge in [-0.2, -0.15) is 8.78 Å². The molecule has 4 nitrogen and oxygen atoms in total. The van der Waals surface area contributed by atoms with Gasteiger partial charge in [-0.3, -0.25) is 4.99 Å². The number of hydrogen-bond donors (Lipinski definition) is 2. The van der Waals surface area contributed by atoms with Crippen LogP contribution in [0.2, 0.25) is 5.02 Å². The van der Waals surface area contributed by atoms with Gasteiger partial charge in [-0.15, -0.1) is 24.0 Å². The molecule has 0 spiro atoms. The number of halogens is 4. The van der Waals surface area contributed by atoms with Gasteiger partial charge in [0, 0.05) is 30.7 Å². The summed E-state index contributed by atoms with van der Waals surface area (Å²) in [6.07, 6.45) is 0. The van der Waals surface area contributed by atoms with Gasteiger partial charge in [0.1, 0.15) is 5.75 Å². The van der Waals surface area contributed by atoms with Gasteiger partial charge < -0.3 is 15.4 Å². The first kappa shape index (κ1) is 19.2. The number of rotatable bonds is 5. The van der Waals surface area contributed by atoms with E-state index < -0.39 is 6.61 Å². The first-order valence-corrected chi connectivity index (χ1v) is 6.12. The molecule has 0 radical (unpaired) electrons. The van der Waals surface area contributed by atoms with Gasteiger partial charge in [-0.05, 0) is 25.1 Å². The molecule has 0 saturated heterocycles. The van der Waals surface area contributed by atoms with Crippen LogP contribution in [-0.4, -0.2) is 26.2 Å². The molecule has 0 atom stereocenters. The second-order valence-electron chi connectivity index (χ2n) is 3.59. The highest BCUT2D eigenvalue weighted by atomic mass is 127. The van der Waals surface area contributed by atoms with Crippen molar-refractivity contribution in [3.05, 3.63) is 28.8 Å². The zero-order valence-electron chi connectivity index (χ0n) is 11.1. The Morgan fingerprint density at radius 3 is 2.65 bits per heavy atom. The highest BCUT2D eigenvalue weighted by molar-refractivity contribution is 14.0. The molecular formula is C12H17ClF2IN3O. The van der Waals surface area contributed by atoms with Gasteiger partial charge in [0.05, 0.1) is 0 Å². The van der Waals surface area contributed by atoms with Gasteiger partial charge >= 0.3 is 6.61 Å². The fourth-order valence-corrected chi connectivity index (χ4v) is 1.66. The van der Waals surface area contributed by atoms with Crippen LogP contribution in [0.25, 0.3) is 0 Å². The Bertz CT molecular complexity index is 447. The van der Waals surface area contributed by atoms with E-state index in [1.807, 2.05) is 6.92 Å². The van der Waals surface area contributed by atoms with E-state index in [0.29, 0.717) is 23.1 Å². The smallest absolute Gasteiger partial charge is 0.387 e. The lowest BCUT2D eigenvalue weighted by molar-refractivity contribution is -0.0504. The summed E-state index contributed by atoms with van der Waals surface area (Å²) < 4.78 is 29.0. The molecule has 0 aliphatic rings. The van der Waals surface area contributed by atoms with Crippen molar-refractivity contribution < 1.29 is 13.5 Å². The summed E-state index contributed by atoms with van der Waals surface area (Å²) in [5.41, 5.74) is 0.534. The van der Waals surface area contributed by atoms with Crippen LogP contribution < -0.4 is 15.4 Å². The fourth-order valence-electron chi connectivity index (χ4n) is 1.46. The number of alkyl halides is 2. The highest BCUT2D eigenvalue weighted by Crippen LogP contribution is 2.24. The average Bonchev–Trinajstić information content (AvgIpc) is 2.36. The molecule has 0 fully saturated rings. The van der Waals surface area contributed by atoms with Crippen LogP contribution in [-0.2, 0) is 6.54 Å². The molecule has 114 valence electrons. The molecule has 0 aliphatic carbocycles. The molecule has 1 aromatic rings. The third-order valence-corrected chi connectivity index (χ3v) is 2.49. The monoisotopic (exact) mass is 419 g/mol. The molecule has 0 bridgehead atoms. The van der Waals surface area contributed by atoms with E-state index in [1.165, 1.54) is 12.1 Å². The molecule has 8 heteroatoms. The normalized spacial score (nSPS) is 11.0. The standard InChI is InChI=1S/C12H16ClF2N3O.HI/c1-3-17-12(16-2)18-7-8-6-9(13)4-5-10(8)19-11(14)15;/h4-6,11H,3,7H2,1-2H3,(H2,16,17,18);1H. The maximum absolute atomic E-state index is 12.3. The van der Waals surface area contributed by atoms with E-state index in [1.54, 1.807) is 13.1 Å². The number of aliphatic imine (C=N–C) groups is 1. The van der Waals surface area contributed by atoms with Crippen molar-refractivity contribution in [3.8, 4) is 5.75 Å². The summed E-state index contributed by atoms with van der Waals surface area (Å²) in [6.45, 7) is 0.0446. The van der Waals surface area contributed by atoms with Gasteiger partial charge in [-0.1, -0.05) is 11.6 Å². The van der Waals surface area contributed by atoms with Crippen molar-refractivity contribution in [3.63, 3.8) is 0 Å². The molecule has 0 heterocycles. The van der Waals surface area contributed by atoms with Crippen LogP contribution >= 0.6 is 35.6 Å². The van der Waals surface area contributed by atoms with Crippen molar-refractivity contribution in [2.75, 3.05) is 13.6 Å². The van der Waals surface area contributed by atoms with Crippen LogP contribution in [0.5, 0.6) is 5.75 Å². The molecule has 1 rings (SSSR count). The third-order valence-electron chi connectivity index (χ3n) is 2.25. The van der Waals surface area contributed by atoms with Gasteiger partial charge in [-0.25, -0.2) is 0 Å². The summed E-state index contributed by atoms with van der Waals surface area (Å²) in [5, 5.41) is 6.43. The van der Waals surface area contributed by atoms with Crippen molar-refractivity contribution in [1.82, 2.24) is 10.6 Å². The lowest BCUT2D eigenvalue weighted by atomic mass is 10.2. The highest BCUT2D eigenvalue weighted by Gasteiger charge is 2.10. The van der Waals surface area contributed by atoms with Crippen molar-refractivity contribution in [2.24, 2.45) is 4.99 Å². The third kappa shape index (κ3) is 6.56. The molecule has 0 unspecified atom stereocenters. The number of nitrogens with one attached hydrogen (secondary N) is 2. The maximum Gasteiger partial charge on any atom is 0.387 e. The molecule has 20 heavy (non-hydrogen) atoms. The first-order valence-electron chi connectivity index (χ1n) is 5.74. The minimum atomic E-state index is -2.87. The van der Waals surface area contributed by atoms with Crippen LogP contribution in [0.4, 0.5) is 8.78 Å². The summed E-state index contributed by atoms with van der Waals surface area (Å²) >= 11 is 5.85. The molecule has 0 aliphatic heterocycles. The van der Waals surface area contributed by atoms with Crippen molar-refractivity contribution in [2.45, 2.75) is 20.1 Å². The minimum Gasteiger partial charge on any atom is -0.434 e. The van der Waals surface area contributed by atoms with Crippen LogP contribution in [0.15, 0.2) is 23.2 Å². The molecule has 0 amide bonds. The van der Waals surface area contributed by atoms with E-state index in [2.05, 4.69) is 20.4 Å². The minimum absolute atomic E-state index is 0. The largest absolute Gasteiger partial charge is 0.434 e. The number of hydrogen-bond acceptors (Lipinski definition) is 2. The van der Waals surface area contributed by atoms with E-state index in [-0.39, 0.29) is 36.3 Å². The predicted molar refractivity (Wildman–Crippen MR) is 87.4 cm³/mol. The number of nitrogens with zero attached hydrogens (tertiary/aromatic N) is 1. The van der Waals surface area contributed by atoms with E-state index in [0.717, 1.165) is 0 Å². The molecule has 0 saturated carbocycles. The van der Waals surface area contributed by atoms with E-state index in [9.17, 15) is 8.78 Å². The second kappa shape index (κ2) is 9.98. The molecular weight excluding hydrogens is 403 g/mol. The van der Waals surface area contributed by atoms with Crippen LogP contribution in [0.3, 0.4) is 0 Å². The lowest BCUT2D eigenvalue weighted by Crippen LogP contribution is -2.36. The van der Waals surface area contributed by atoms with Crippen LogP contribution in [0.1, 0.15) is 12.5 Å². The second-order valence-corrected chi connectivity index (χ2v) is 4.02. The summed E-state index contributed by atoms with van der Waals surface area (Å²) in [5.74, 6) is 0.671. The van der Waals surface area contributed by atoms with Crippen molar-refractivity contribution in [1.29, 1.82) is 0 Å². The SMILES string of the molecule is CCNC(=NC)NCc1cc(Cl)ccc1OC(F)F.I. The Balaban J connectivity index is 0.00000361. The molecule has 2 N–H and O–H groups in total. The van der Waals surface area contributed by atoms with Crippen molar-refractivity contribution >= 4 is 41.5 Å².